The largest absolute Gasteiger partial charge is 0.349 e. The number of hydrogen-bond acceptors (Lipinski definition) is 3. The minimum atomic E-state index is -0.0731. The predicted molar refractivity (Wildman–Crippen MR) is 58.8 cm³/mol. The Labute approximate surface area is 89.9 Å². The Balaban J connectivity index is 2.43. The van der Waals surface area contributed by atoms with Gasteiger partial charge in [0.1, 0.15) is 5.69 Å². The lowest BCUT2D eigenvalue weighted by Crippen LogP contribution is -2.32. The molecule has 0 saturated carbocycles. The Kier molecular flexibility index (Phi) is 4.30. The van der Waals surface area contributed by atoms with Crippen LogP contribution in [-0.4, -0.2) is 35.3 Å². The van der Waals surface area contributed by atoms with E-state index in [1.807, 2.05) is 13.8 Å². The van der Waals surface area contributed by atoms with E-state index in [1.54, 1.807) is 17.8 Å². The minimum absolute atomic E-state index is 0.0731. The Morgan fingerprint density at radius 1 is 1.53 bits per heavy atom. The second-order valence-corrected chi connectivity index (χ2v) is 3.40. The van der Waals surface area contributed by atoms with Crippen molar-refractivity contribution in [3.8, 4) is 0 Å². The van der Waals surface area contributed by atoms with Crippen LogP contribution in [0.4, 0.5) is 0 Å². The van der Waals surface area contributed by atoms with Gasteiger partial charge in [-0.15, -0.1) is 0 Å². The first-order chi connectivity index (χ1) is 7.15. The normalized spacial score (nSPS) is 10.3. The molecule has 1 aromatic heterocycles. The molecule has 1 amide bonds. The third kappa shape index (κ3) is 3.36. The van der Waals surface area contributed by atoms with Gasteiger partial charge in [0.2, 0.25) is 0 Å². The zero-order valence-corrected chi connectivity index (χ0v) is 9.50. The summed E-state index contributed by atoms with van der Waals surface area (Å²) in [5, 5.41) is 10.1. The SMILES string of the molecule is CCNCCNC(=O)c1cc(C)nn1C. The highest BCUT2D eigenvalue weighted by Crippen LogP contribution is 2.00. The quantitative estimate of drug-likeness (QED) is 0.676. The molecule has 0 unspecified atom stereocenters. The summed E-state index contributed by atoms with van der Waals surface area (Å²) in [6, 6.07) is 1.78. The molecule has 0 aliphatic heterocycles. The molecule has 0 atom stereocenters. The number of nitrogens with one attached hydrogen (secondary N) is 2. The standard InChI is InChI=1S/C10H18N4O/c1-4-11-5-6-12-10(15)9-7-8(2)13-14(9)3/h7,11H,4-6H2,1-3H3,(H,12,15). The molecule has 5 nitrogen and oxygen atoms in total. The fourth-order valence-corrected chi connectivity index (χ4v) is 1.35. The molecular weight excluding hydrogens is 192 g/mol. The maximum atomic E-state index is 11.6. The summed E-state index contributed by atoms with van der Waals surface area (Å²) < 4.78 is 1.60. The van der Waals surface area contributed by atoms with E-state index in [4.69, 9.17) is 0 Å². The molecule has 0 saturated heterocycles. The van der Waals surface area contributed by atoms with Gasteiger partial charge in [-0.05, 0) is 19.5 Å². The molecule has 0 aliphatic rings. The Bertz CT molecular complexity index is 332. The van der Waals surface area contributed by atoms with E-state index in [-0.39, 0.29) is 5.91 Å². The first-order valence-corrected chi connectivity index (χ1v) is 5.14. The van der Waals surface area contributed by atoms with E-state index >= 15 is 0 Å². The van der Waals surface area contributed by atoms with Crippen LogP contribution < -0.4 is 10.6 Å². The van der Waals surface area contributed by atoms with E-state index in [9.17, 15) is 4.79 Å². The predicted octanol–water partition coefficient (Wildman–Crippen LogP) is 0.0678. The van der Waals surface area contributed by atoms with Gasteiger partial charge in [-0.2, -0.15) is 5.10 Å². The number of aryl methyl sites for hydroxylation is 2. The topological polar surface area (TPSA) is 58.9 Å². The van der Waals surface area contributed by atoms with Crippen LogP contribution >= 0.6 is 0 Å². The van der Waals surface area contributed by atoms with E-state index in [1.165, 1.54) is 0 Å². The van der Waals surface area contributed by atoms with E-state index in [0.717, 1.165) is 18.8 Å². The van der Waals surface area contributed by atoms with Crippen LogP contribution in [0.5, 0.6) is 0 Å². The first-order valence-electron chi connectivity index (χ1n) is 5.14. The van der Waals surface area contributed by atoms with Gasteiger partial charge < -0.3 is 10.6 Å². The molecule has 1 aromatic rings. The van der Waals surface area contributed by atoms with Crippen molar-refractivity contribution in [3.63, 3.8) is 0 Å². The number of rotatable bonds is 5. The van der Waals surface area contributed by atoms with Crippen molar-refractivity contribution in [1.82, 2.24) is 20.4 Å². The van der Waals surface area contributed by atoms with Gasteiger partial charge in [0, 0.05) is 20.1 Å². The molecule has 0 aromatic carbocycles. The molecule has 0 aliphatic carbocycles. The number of likely N-dealkylation sites (N-methyl/N-ethyl adjacent to an activating group) is 1. The number of carbonyl (C=O) groups excluding carboxylic acids is 1. The Hall–Kier alpha value is -1.36. The van der Waals surface area contributed by atoms with Crippen molar-refractivity contribution < 1.29 is 4.79 Å². The number of aromatic nitrogens is 2. The Morgan fingerprint density at radius 2 is 2.27 bits per heavy atom. The second-order valence-electron chi connectivity index (χ2n) is 3.40. The maximum Gasteiger partial charge on any atom is 0.269 e. The zero-order valence-electron chi connectivity index (χ0n) is 9.50. The fourth-order valence-electron chi connectivity index (χ4n) is 1.35. The van der Waals surface area contributed by atoms with Gasteiger partial charge in [-0.1, -0.05) is 6.92 Å². The van der Waals surface area contributed by atoms with Crippen molar-refractivity contribution in [2.45, 2.75) is 13.8 Å². The summed E-state index contributed by atoms with van der Waals surface area (Å²) in [6.45, 7) is 6.25. The third-order valence-electron chi connectivity index (χ3n) is 2.07. The first kappa shape index (κ1) is 11.7. The molecule has 1 heterocycles. The molecule has 15 heavy (non-hydrogen) atoms. The Morgan fingerprint density at radius 3 is 2.80 bits per heavy atom. The van der Waals surface area contributed by atoms with Crippen LogP contribution in [0.15, 0.2) is 6.07 Å². The third-order valence-corrected chi connectivity index (χ3v) is 2.07. The highest BCUT2D eigenvalue weighted by Gasteiger charge is 2.10. The summed E-state index contributed by atoms with van der Waals surface area (Å²) >= 11 is 0. The highest BCUT2D eigenvalue weighted by molar-refractivity contribution is 5.92. The molecule has 84 valence electrons. The van der Waals surface area contributed by atoms with Gasteiger partial charge in [-0.3, -0.25) is 9.48 Å². The molecule has 0 bridgehead atoms. The van der Waals surface area contributed by atoms with Gasteiger partial charge in [0.05, 0.1) is 5.69 Å². The monoisotopic (exact) mass is 210 g/mol. The van der Waals surface area contributed by atoms with Crippen LogP contribution in [0.25, 0.3) is 0 Å². The highest BCUT2D eigenvalue weighted by atomic mass is 16.2. The van der Waals surface area contributed by atoms with Crippen molar-refractivity contribution >= 4 is 5.91 Å². The number of nitrogens with zero attached hydrogens (tertiary/aromatic N) is 2. The van der Waals surface area contributed by atoms with Gasteiger partial charge in [0.15, 0.2) is 0 Å². The molecule has 0 fully saturated rings. The van der Waals surface area contributed by atoms with Crippen LogP contribution in [0.3, 0.4) is 0 Å². The summed E-state index contributed by atoms with van der Waals surface area (Å²) in [7, 11) is 1.77. The summed E-state index contributed by atoms with van der Waals surface area (Å²) in [6.07, 6.45) is 0. The zero-order chi connectivity index (χ0) is 11.3. The van der Waals surface area contributed by atoms with Gasteiger partial charge >= 0.3 is 0 Å². The van der Waals surface area contributed by atoms with Crippen molar-refractivity contribution in [3.05, 3.63) is 17.5 Å². The smallest absolute Gasteiger partial charge is 0.269 e. The second kappa shape index (κ2) is 5.50. The summed E-state index contributed by atoms with van der Waals surface area (Å²) in [5.74, 6) is -0.0731. The van der Waals surface area contributed by atoms with E-state index in [0.29, 0.717) is 12.2 Å². The van der Waals surface area contributed by atoms with Crippen LogP contribution in [-0.2, 0) is 7.05 Å². The van der Waals surface area contributed by atoms with E-state index in [2.05, 4.69) is 15.7 Å². The van der Waals surface area contributed by atoms with Crippen molar-refractivity contribution in [2.24, 2.45) is 7.05 Å². The number of hydrogen-bond donors (Lipinski definition) is 2. The minimum Gasteiger partial charge on any atom is -0.349 e. The summed E-state index contributed by atoms with van der Waals surface area (Å²) in [4.78, 5) is 11.6. The molecule has 2 N–H and O–H groups in total. The van der Waals surface area contributed by atoms with E-state index < -0.39 is 0 Å². The van der Waals surface area contributed by atoms with Crippen LogP contribution in [0.2, 0.25) is 0 Å². The van der Waals surface area contributed by atoms with Gasteiger partial charge in [-0.25, -0.2) is 0 Å². The lowest BCUT2D eigenvalue weighted by molar-refractivity contribution is 0.0944. The average Bonchev–Trinajstić information content (AvgIpc) is 2.52. The van der Waals surface area contributed by atoms with Crippen molar-refractivity contribution in [2.75, 3.05) is 19.6 Å². The molecule has 0 spiro atoms. The van der Waals surface area contributed by atoms with Crippen LogP contribution in [0, 0.1) is 6.92 Å². The van der Waals surface area contributed by atoms with Gasteiger partial charge in [0.25, 0.3) is 5.91 Å². The fraction of sp³-hybridized carbons (Fsp3) is 0.600. The molecular formula is C10H18N4O. The van der Waals surface area contributed by atoms with Crippen LogP contribution in [0.1, 0.15) is 23.1 Å². The lowest BCUT2D eigenvalue weighted by atomic mass is 10.3. The van der Waals surface area contributed by atoms with Crippen molar-refractivity contribution in [1.29, 1.82) is 0 Å². The maximum absolute atomic E-state index is 11.6. The number of amides is 1. The molecule has 1 rings (SSSR count). The molecule has 5 heteroatoms. The summed E-state index contributed by atoms with van der Waals surface area (Å²) in [5.41, 5.74) is 1.46. The number of carbonyl (C=O) groups is 1. The molecule has 0 radical (unpaired) electrons. The average molecular weight is 210 g/mol. The lowest BCUT2D eigenvalue weighted by Gasteiger charge is -2.05.